The van der Waals surface area contributed by atoms with Gasteiger partial charge in [-0.15, -0.1) is 0 Å². The van der Waals surface area contributed by atoms with E-state index in [0.717, 1.165) is 30.8 Å². The first-order valence-electron chi connectivity index (χ1n) is 7.50. The van der Waals surface area contributed by atoms with Crippen LogP contribution in [0.3, 0.4) is 0 Å². The summed E-state index contributed by atoms with van der Waals surface area (Å²) in [6.07, 6.45) is 1.46. The minimum atomic E-state index is -0.332. The van der Waals surface area contributed by atoms with E-state index in [0.29, 0.717) is 5.69 Å². The summed E-state index contributed by atoms with van der Waals surface area (Å²) in [5, 5.41) is 2.79. The number of hydrogen-bond donors (Lipinski definition) is 2. The van der Waals surface area contributed by atoms with Gasteiger partial charge < -0.3 is 15.0 Å². The molecule has 1 aromatic rings. The maximum atomic E-state index is 12.9. The van der Waals surface area contributed by atoms with E-state index in [1.54, 1.807) is 12.1 Å². The van der Waals surface area contributed by atoms with Gasteiger partial charge in [0, 0.05) is 18.5 Å². The number of likely N-dealkylation sites (tertiary alicyclic amines) is 1. The Morgan fingerprint density at radius 2 is 1.86 bits per heavy atom. The molecule has 1 aromatic carbocycles. The van der Waals surface area contributed by atoms with Gasteiger partial charge in [-0.05, 0) is 31.2 Å². The van der Waals surface area contributed by atoms with Crippen molar-refractivity contribution >= 4 is 17.6 Å². The topological polar surface area (TPSA) is 59.8 Å². The lowest BCUT2D eigenvalue weighted by molar-refractivity contribution is -0.919. The van der Waals surface area contributed by atoms with E-state index in [4.69, 9.17) is 4.74 Å². The van der Waals surface area contributed by atoms with Gasteiger partial charge in [0.1, 0.15) is 5.82 Å². The van der Waals surface area contributed by atoms with Crippen LogP contribution in [0, 0.1) is 11.7 Å². The fourth-order valence-electron chi connectivity index (χ4n) is 2.79. The van der Waals surface area contributed by atoms with Crippen molar-refractivity contribution in [2.24, 2.45) is 5.92 Å². The first-order valence-corrected chi connectivity index (χ1v) is 7.50. The summed E-state index contributed by atoms with van der Waals surface area (Å²) < 4.78 is 17.6. The van der Waals surface area contributed by atoms with Gasteiger partial charge in [-0.25, -0.2) is 4.39 Å². The van der Waals surface area contributed by atoms with E-state index < -0.39 is 0 Å². The summed E-state index contributed by atoms with van der Waals surface area (Å²) in [4.78, 5) is 24.9. The molecule has 0 spiro atoms. The first-order chi connectivity index (χ1) is 10.5. The molecule has 2 rings (SSSR count). The Kier molecular flexibility index (Phi) is 5.49. The van der Waals surface area contributed by atoms with E-state index in [9.17, 15) is 14.0 Å². The molecule has 2 N–H and O–H groups in total. The van der Waals surface area contributed by atoms with Crippen molar-refractivity contribution in [3.05, 3.63) is 30.1 Å². The zero-order chi connectivity index (χ0) is 16.1. The summed E-state index contributed by atoms with van der Waals surface area (Å²) in [7, 11) is 1.40. The zero-order valence-electron chi connectivity index (χ0n) is 12.9. The van der Waals surface area contributed by atoms with Gasteiger partial charge in [0.25, 0.3) is 5.91 Å². The molecule has 0 aliphatic carbocycles. The fraction of sp³-hybridized carbons (Fsp3) is 0.500. The maximum absolute atomic E-state index is 12.9. The van der Waals surface area contributed by atoms with Crippen molar-refractivity contribution in [1.29, 1.82) is 0 Å². The molecule has 6 heteroatoms. The number of esters is 1. The van der Waals surface area contributed by atoms with Crippen LogP contribution in [0.25, 0.3) is 0 Å². The predicted molar refractivity (Wildman–Crippen MR) is 79.9 cm³/mol. The largest absolute Gasteiger partial charge is 0.469 e. The molecule has 22 heavy (non-hydrogen) atoms. The highest BCUT2D eigenvalue weighted by Crippen LogP contribution is 2.12. The van der Waals surface area contributed by atoms with Gasteiger partial charge in [0.05, 0.1) is 26.1 Å². The Bertz CT molecular complexity index is 525. The number of amides is 1. The number of hydrogen-bond acceptors (Lipinski definition) is 3. The Morgan fingerprint density at radius 3 is 2.41 bits per heavy atom. The monoisotopic (exact) mass is 309 g/mol. The fourth-order valence-corrected chi connectivity index (χ4v) is 2.79. The third-order valence-corrected chi connectivity index (χ3v) is 4.28. The molecule has 0 saturated carbocycles. The molecule has 1 aliphatic rings. The molecule has 1 amide bonds. The number of nitrogens with one attached hydrogen (secondary N) is 2. The van der Waals surface area contributed by atoms with E-state index in [2.05, 4.69) is 5.32 Å². The second kappa shape index (κ2) is 7.35. The minimum absolute atomic E-state index is 0.0545. The number of methoxy groups -OCH3 is 1. The summed E-state index contributed by atoms with van der Waals surface area (Å²) in [6, 6.07) is 5.49. The van der Waals surface area contributed by atoms with Gasteiger partial charge in [0.2, 0.25) is 0 Å². The van der Waals surface area contributed by atoms with Crippen molar-refractivity contribution in [2.45, 2.75) is 25.8 Å². The number of ether oxygens (including phenoxy) is 1. The van der Waals surface area contributed by atoms with Crippen LogP contribution in [0.1, 0.15) is 19.8 Å². The average molecular weight is 309 g/mol. The Morgan fingerprint density at radius 1 is 1.27 bits per heavy atom. The molecule has 0 radical (unpaired) electrons. The SMILES string of the molecule is COC(=O)C1CC[NH+]([C@@H](C)C(=O)Nc2ccc(F)cc2)CC1. The summed E-state index contributed by atoms with van der Waals surface area (Å²) in [5.74, 6) is -0.650. The van der Waals surface area contributed by atoms with Crippen molar-refractivity contribution in [3.63, 3.8) is 0 Å². The van der Waals surface area contributed by atoms with Crippen LogP contribution in [-0.2, 0) is 14.3 Å². The number of carbonyl (C=O) groups is 2. The van der Waals surface area contributed by atoms with Gasteiger partial charge in [-0.3, -0.25) is 9.59 Å². The maximum Gasteiger partial charge on any atom is 0.309 e. The summed E-state index contributed by atoms with van der Waals surface area (Å²) in [5.41, 5.74) is 0.585. The molecular formula is C16H22FN2O3+. The lowest BCUT2D eigenvalue weighted by atomic mass is 9.96. The predicted octanol–water partition coefficient (Wildman–Crippen LogP) is 0.621. The first kappa shape index (κ1) is 16.4. The molecule has 1 saturated heterocycles. The highest BCUT2D eigenvalue weighted by molar-refractivity contribution is 5.93. The van der Waals surface area contributed by atoms with E-state index >= 15 is 0 Å². The molecule has 5 nitrogen and oxygen atoms in total. The number of benzene rings is 1. The minimum Gasteiger partial charge on any atom is -0.469 e. The quantitative estimate of drug-likeness (QED) is 0.802. The molecular weight excluding hydrogens is 287 g/mol. The van der Waals surface area contributed by atoms with Crippen molar-refractivity contribution < 1.29 is 23.6 Å². The summed E-state index contributed by atoms with van der Waals surface area (Å²) in [6.45, 7) is 3.39. The molecule has 1 heterocycles. The summed E-state index contributed by atoms with van der Waals surface area (Å²) >= 11 is 0. The molecule has 0 aromatic heterocycles. The highest BCUT2D eigenvalue weighted by Gasteiger charge is 2.33. The standard InChI is InChI=1S/C16H21FN2O3/c1-11(15(20)18-14-5-3-13(17)4-6-14)19-9-7-12(8-10-19)16(21)22-2/h3-6,11-12H,7-10H2,1-2H3,(H,18,20)/p+1/t11-/m0/s1. The zero-order valence-corrected chi connectivity index (χ0v) is 12.9. The second-order valence-corrected chi connectivity index (χ2v) is 5.67. The second-order valence-electron chi connectivity index (χ2n) is 5.67. The van der Waals surface area contributed by atoms with Crippen LogP contribution < -0.4 is 10.2 Å². The number of rotatable bonds is 4. The van der Waals surface area contributed by atoms with Crippen LogP contribution >= 0.6 is 0 Å². The average Bonchev–Trinajstić information content (AvgIpc) is 2.55. The molecule has 1 aliphatic heterocycles. The lowest BCUT2D eigenvalue weighted by Gasteiger charge is -2.31. The Balaban J connectivity index is 1.86. The Labute approximate surface area is 129 Å². The van der Waals surface area contributed by atoms with E-state index in [1.165, 1.54) is 19.2 Å². The van der Waals surface area contributed by atoms with Crippen LogP contribution in [-0.4, -0.2) is 38.1 Å². The highest BCUT2D eigenvalue weighted by atomic mass is 19.1. The third-order valence-electron chi connectivity index (χ3n) is 4.28. The number of quaternary nitrogens is 1. The lowest BCUT2D eigenvalue weighted by Crippen LogP contribution is -3.17. The number of halogens is 1. The van der Waals surface area contributed by atoms with Gasteiger partial charge in [-0.2, -0.15) is 0 Å². The molecule has 1 fully saturated rings. The number of anilines is 1. The van der Waals surface area contributed by atoms with Crippen molar-refractivity contribution in [3.8, 4) is 0 Å². The third kappa shape index (κ3) is 4.04. The molecule has 0 unspecified atom stereocenters. The van der Waals surface area contributed by atoms with Crippen LogP contribution in [0.15, 0.2) is 24.3 Å². The molecule has 0 bridgehead atoms. The number of piperidine rings is 1. The molecule has 120 valence electrons. The smallest absolute Gasteiger partial charge is 0.309 e. The van der Waals surface area contributed by atoms with Gasteiger partial charge in [-0.1, -0.05) is 0 Å². The normalized spacial score (nSPS) is 22.7. The van der Waals surface area contributed by atoms with E-state index in [-0.39, 0.29) is 29.7 Å². The van der Waals surface area contributed by atoms with Gasteiger partial charge in [0.15, 0.2) is 6.04 Å². The van der Waals surface area contributed by atoms with Crippen molar-refractivity contribution in [1.82, 2.24) is 0 Å². The van der Waals surface area contributed by atoms with Crippen LogP contribution in [0.2, 0.25) is 0 Å². The number of carbonyl (C=O) groups excluding carboxylic acids is 2. The van der Waals surface area contributed by atoms with Crippen molar-refractivity contribution in [2.75, 3.05) is 25.5 Å². The molecule has 1 atom stereocenters. The van der Waals surface area contributed by atoms with Gasteiger partial charge >= 0.3 is 5.97 Å². The van der Waals surface area contributed by atoms with E-state index in [1.807, 2.05) is 6.92 Å². The Hall–Kier alpha value is -1.95. The van der Waals surface area contributed by atoms with Crippen LogP contribution in [0.5, 0.6) is 0 Å². The van der Waals surface area contributed by atoms with Crippen LogP contribution in [0.4, 0.5) is 10.1 Å².